The van der Waals surface area contributed by atoms with Crippen molar-refractivity contribution in [3.63, 3.8) is 0 Å². The molecule has 3 nitrogen and oxygen atoms in total. The number of H-pyrrole nitrogens is 1. The standard InChI is InChI=1S/C18H20N2O/c1-3-21-18-11-13(2)7-8-17(18)20-12-14-5-4-6-16-15(14)9-10-19-16/h4-11,19-20H,3,12H2,1-2H3. The fourth-order valence-electron chi connectivity index (χ4n) is 2.55. The number of nitrogens with one attached hydrogen (secondary N) is 2. The summed E-state index contributed by atoms with van der Waals surface area (Å²) in [5.74, 6) is 0.916. The topological polar surface area (TPSA) is 37.0 Å². The number of hydrogen-bond acceptors (Lipinski definition) is 2. The Labute approximate surface area is 125 Å². The van der Waals surface area contributed by atoms with Gasteiger partial charge in [0, 0.05) is 23.6 Å². The first-order chi connectivity index (χ1) is 10.3. The van der Waals surface area contributed by atoms with Crippen LogP contribution in [-0.4, -0.2) is 11.6 Å². The molecule has 108 valence electrons. The lowest BCUT2D eigenvalue weighted by Gasteiger charge is -2.13. The predicted molar refractivity (Wildman–Crippen MR) is 88.0 cm³/mol. The molecule has 1 aromatic heterocycles. The van der Waals surface area contributed by atoms with Gasteiger partial charge in [0.25, 0.3) is 0 Å². The van der Waals surface area contributed by atoms with Crippen molar-refractivity contribution in [3.8, 4) is 5.75 Å². The molecule has 2 N–H and O–H groups in total. The summed E-state index contributed by atoms with van der Waals surface area (Å²) in [6, 6.07) is 14.7. The van der Waals surface area contributed by atoms with E-state index in [1.807, 2.05) is 13.1 Å². The van der Waals surface area contributed by atoms with Crippen LogP contribution in [-0.2, 0) is 6.54 Å². The smallest absolute Gasteiger partial charge is 0.142 e. The molecule has 3 heteroatoms. The van der Waals surface area contributed by atoms with Gasteiger partial charge in [-0.3, -0.25) is 0 Å². The van der Waals surface area contributed by atoms with Gasteiger partial charge in [-0.05, 0) is 49.2 Å². The normalized spacial score (nSPS) is 10.8. The summed E-state index contributed by atoms with van der Waals surface area (Å²) in [6.07, 6.45) is 1.98. The van der Waals surface area contributed by atoms with Crippen molar-refractivity contribution in [1.29, 1.82) is 0 Å². The molecule has 0 amide bonds. The molecule has 3 rings (SSSR count). The van der Waals surface area contributed by atoms with Gasteiger partial charge >= 0.3 is 0 Å². The van der Waals surface area contributed by atoms with Gasteiger partial charge in [0.15, 0.2) is 0 Å². The number of rotatable bonds is 5. The number of ether oxygens (including phenoxy) is 1. The van der Waals surface area contributed by atoms with Crippen molar-refractivity contribution in [2.45, 2.75) is 20.4 Å². The van der Waals surface area contributed by atoms with Crippen molar-refractivity contribution >= 4 is 16.6 Å². The van der Waals surface area contributed by atoms with Gasteiger partial charge in [-0.2, -0.15) is 0 Å². The first-order valence-electron chi connectivity index (χ1n) is 7.30. The van der Waals surface area contributed by atoms with Crippen molar-refractivity contribution in [2.75, 3.05) is 11.9 Å². The molecule has 2 aromatic carbocycles. The van der Waals surface area contributed by atoms with Gasteiger partial charge in [0.1, 0.15) is 5.75 Å². The third kappa shape index (κ3) is 2.87. The van der Waals surface area contributed by atoms with E-state index in [0.29, 0.717) is 6.61 Å². The van der Waals surface area contributed by atoms with Crippen LogP contribution < -0.4 is 10.1 Å². The summed E-state index contributed by atoms with van der Waals surface area (Å²) in [5, 5.41) is 4.74. The molecule has 0 bridgehead atoms. The zero-order chi connectivity index (χ0) is 14.7. The van der Waals surface area contributed by atoms with Crippen LogP contribution in [0.5, 0.6) is 5.75 Å². The summed E-state index contributed by atoms with van der Waals surface area (Å²) in [5.41, 5.74) is 4.69. The monoisotopic (exact) mass is 280 g/mol. The average molecular weight is 280 g/mol. The first-order valence-corrected chi connectivity index (χ1v) is 7.30. The van der Waals surface area contributed by atoms with Crippen LogP contribution in [0.4, 0.5) is 5.69 Å². The molecular weight excluding hydrogens is 260 g/mol. The van der Waals surface area contributed by atoms with Gasteiger partial charge in [-0.25, -0.2) is 0 Å². The molecule has 0 radical (unpaired) electrons. The van der Waals surface area contributed by atoms with Crippen LogP contribution in [0, 0.1) is 6.92 Å². The fourth-order valence-corrected chi connectivity index (χ4v) is 2.55. The van der Waals surface area contributed by atoms with Crippen LogP contribution in [0.2, 0.25) is 0 Å². The number of hydrogen-bond donors (Lipinski definition) is 2. The molecule has 0 aliphatic rings. The third-order valence-electron chi connectivity index (χ3n) is 3.59. The zero-order valence-electron chi connectivity index (χ0n) is 12.4. The van der Waals surface area contributed by atoms with Crippen LogP contribution in [0.1, 0.15) is 18.1 Å². The quantitative estimate of drug-likeness (QED) is 0.722. The highest BCUT2D eigenvalue weighted by molar-refractivity contribution is 5.83. The van der Waals surface area contributed by atoms with E-state index in [4.69, 9.17) is 4.74 Å². The maximum atomic E-state index is 5.71. The van der Waals surface area contributed by atoms with Crippen molar-refractivity contribution in [2.24, 2.45) is 0 Å². The predicted octanol–water partition coefficient (Wildman–Crippen LogP) is 4.49. The minimum atomic E-state index is 0.672. The van der Waals surface area contributed by atoms with Crippen molar-refractivity contribution in [3.05, 3.63) is 59.8 Å². The number of aromatic nitrogens is 1. The van der Waals surface area contributed by atoms with Gasteiger partial charge in [0.05, 0.1) is 12.3 Å². The Kier molecular flexibility index (Phi) is 3.82. The summed E-state index contributed by atoms with van der Waals surface area (Å²) < 4.78 is 5.71. The molecule has 0 aliphatic heterocycles. The minimum absolute atomic E-state index is 0.672. The summed E-state index contributed by atoms with van der Waals surface area (Å²) in [4.78, 5) is 3.24. The Hall–Kier alpha value is -2.42. The molecule has 3 aromatic rings. The summed E-state index contributed by atoms with van der Waals surface area (Å²) >= 11 is 0. The maximum Gasteiger partial charge on any atom is 0.142 e. The third-order valence-corrected chi connectivity index (χ3v) is 3.59. The second-order valence-electron chi connectivity index (χ2n) is 5.14. The lowest BCUT2D eigenvalue weighted by molar-refractivity contribution is 0.341. The minimum Gasteiger partial charge on any atom is -0.492 e. The largest absolute Gasteiger partial charge is 0.492 e. The Morgan fingerprint density at radius 3 is 2.90 bits per heavy atom. The number of fused-ring (bicyclic) bond motifs is 1. The molecule has 0 fully saturated rings. The molecular formula is C18H20N2O. The van der Waals surface area contributed by atoms with Gasteiger partial charge < -0.3 is 15.0 Å². The number of benzene rings is 2. The van der Waals surface area contributed by atoms with E-state index in [1.165, 1.54) is 22.0 Å². The van der Waals surface area contributed by atoms with Crippen molar-refractivity contribution in [1.82, 2.24) is 4.98 Å². The van der Waals surface area contributed by atoms with E-state index in [9.17, 15) is 0 Å². The fraction of sp³-hybridized carbons (Fsp3) is 0.222. The van der Waals surface area contributed by atoms with Crippen LogP contribution in [0.15, 0.2) is 48.7 Å². The number of aryl methyl sites for hydroxylation is 1. The second-order valence-corrected chi connectivity index (χ2v) is 5.14. The average Bonchev–Trinajstić information content (AvgIpc) is 2.96. The summed E-state index contributed by atoms with van der Waals surface area (Å²) in [7, 11) is 0. The van der Waals surface area contributed by atoms with E-state index < -0.39 is 0 Å². The second kappa shape index (κ2) is 5.92. The Bertz CT molecular complexity index is 746. The molecule has 0 atom stereocenters. The van der Waals surface area contributed by atoms with Gasteiger partial charge in [-0.15, -0.1) is 0 Å². The van der Waals surface area contributed by atoms with E-state index in [0.717, 1.165) is 18.0 Å². The lowest BCUT2D eigenvalue weighted by Crippen LogP contribution is -2.03. The lowest BCUT2D eigenvalue weighted by atomic mass is 10.1. The number of anilines is 1. The molecule has 0 saturated heterocycles. The zero-order valence-corrected chi connectivity index (χ0v) is 12.4. The molecule has 0 saturated carbocycles. The van der Waals surface area contributed by atoms with Crippen LogP contribution >= 0.6 is 0 Å². The van der Waals surface area contributed by atoms with E-state index in [-0.39, 0.29) is 0 Å². The van der Waals surface area contributed by atoms with Crippen LogP contribution in [0.25, 0.3) is 10.9 Å². The van der Waals surface area contributed by atoms with E-state index in [2.05, 4.69) is 59.7 Å². The molecule has 0 aliphatic carbocycles. The van der Waals surface area contributed by atoms with Crippen molar-refractivity contribution < 1.29 is 4.74 Å². The molecule has 1 heterocycles. The Morgan fingerprint density at radius 1 is 1.14 bits per heavy atom. The van der Waals surface area contributed by atoms with Crippen LogP contribution in [0.3, 0.4) is 0 Å². The highest BCUT2D eigenvalue weighted by Gasteiger charge is 2.05. The number of aromatic amines is 1. The molecule has 0 spiro atoms. The Balaban J connectivity index is 1.83. The maximum absolute atomic E-state index is 5.71. The summed E-state index contributed by atoms with van der Waals surface area (Å²) in [6.45, 7) is 5.53. The highest BCUT2D eigenvalue weighted by atomic mass is 16.5. The SMILES string of the molecule is CCOc1cc(C)ccc1NCc1cccc2[nH]ccc12. The first kappa shape index (κ1) is 13.6. The van der Waals surface area contributed by atoms with E-state index in [1.54, 1.807) is 0 Å². The Morgan fingerprint density at radius 2 is 2.05 bits per heavy atom. The van der Waals surface area contributed by atoms with E-state index >= 15 is 0 Å². The molecule has 0 unspecified atom stereocenters. The van der Waals surface area contributed by atoms with Gasteiger partial charge in [0.2, 0.25) is 0 Å². The van der Waals surface area contributed by atoms with Gasteiger partial charge in [-0.1, -0.05) is 18.2 Å². The molecule has 21 heavy (non-hydrogen) atoms. The highest BCUT2D eigenvalue weighted by Crippen LogP contribution is 2.27.